The molecule has 29 nitrogen and oxygen atoms in total. The third-order valence-electron chi connectivity index (χ3n) is 21.5. The second-order valence-electron chi connectivity index (χ2n) is 30.5. The van der Waals surface area contributed by atoms with Crippen molar-refractivity contribution in [2.75, 3.05) is 199 Å². The summed E-state index contributed by atoms with van der Waals surface area (Å²) in [7, 11) is -5.90. The highest BCUT2D eigenvalue weighted by atomic mass is 35.5. The van der Waals surface area contributed by atoms with E-state index < -0.39 is 53.5 Å². The van der Waals surface area contributed by atoms with Gasteiger partial charge in [0.05, 0.1) is 107 Å². The Kier molecular flexibility index (Phi) is 38.2. The van der Waals surface area contributed by atoms with Crippen LogP contribution >= 0.6 is 69.6 Å². The number of likely N-dealkylation sites (N-methyl/N-ethyl adjacent to an activating group) is 3. The van der Waals surface area contributed by atoms with Gasteiger partial charge in [-0.25, -0.2) is 44.2 Å². The van der Waals surface area contributed by atoms with Crippen molar-refractivity contribution in [3.05, 3.63) is 189 Å². The van der Waals surface area contributed by atoms with Gasteiger partial charge in [0.2, 0.25) is 47.8 Å². The molecule has 121 heavy (non-hydrogen) atoms. The number of hydrogen-bond donors (Lipinski definition) is 7. The quantitative estimate of drug-likeness (QED) is 0.0175. The van der Waals surface area contributed by atoms with Gasteiger partial charge < -0.3 is 74.4 Å². The van der Waals surface area contributed by atoms with Crippen LogP contribution in [0.5, 0.6) is 0 Å². The van der Waals surface area contributed by atoms with Crippen LogP contribution in [0.4, 0.5) is 4.79 Å². The van der Waals surface area contributed by atoms with Crippen LogP contribution in [0.1, 0.15) is 106 Å². The largest absolute Gasteiger partial charge is 0.379 e. The monoisotopic (exact) mass is 1850 g/mol. The first kappa shape index (κ1) is 97.2. The third kappa shape index (κ3) is 29.8. The smallest absolute Gasteiger partial charge is 0.315 e. The number of ether oxygens (including phenoxy) is 7. The molecule has 4 aliphatic rings. The lowest BCUT2D eigenvalue weighted by molar-refractivity contribution is -0.133. The summed E-state index contributed by atoms with van der Waals surface area (Å²) in [5.74, 6) is -1.95. The van der Waals surface area contributed by atoms with Gasteiger partial charge in [-0.3, -0.25) is 19.3 Å². The average molecular weight is 1860 g/mol. The number of fused-ring (bicyclic) bond motifs is 3. The number of nitrogens with zero attached hydrogens (tertiary/aromatic N) is 5. The Labute approximate surface area is 740 Å². The highest BCUT2D eigenvalue weighted by molar-refractivity contribution is 7.90. The summed E-state index contributed by atoms with van der Waals surface area (Å²) in [4.78, 5) is 65.3. The first-order valence-corrected chi connectivity index (χ1v) is 47.1. The molecular weight excluding hydrogens is 1750 g/mol. The van der Waals surface area contributed by atoms with Crippen molar-refractivity contribution < 1.29 is 77.6 Å². The van der Waals surface area contributed by atoms with Gasteiger partial charge in [-0.1, -0.05) is 106 Å². The number of amides is 5. The summed E-state index contributed by atoms with van der Waals surface area (Å²) in [6.45, 7) is 8.05. The molecule has 0 radical (unpaired) electrons. The summed E-state index contributed by atoms with van der Waals surface area (Å²) in [6, 6.07) is 30.6. The van der Waals surface area contributed by atoms with Crippen LogP contribution in [0.15, 0.2) is 124 Å². The molecule has 0 saturated carbocycles. The van der Waals surface area contributed by atoms with Gasteiger partial charge in [-0.15, -0.1) is 0 Å². The number of rotatable bonds is 49. The van der Waals surface area contributed by atoms with E-state index in [9.17, 15) is 44.4 Å². The SMILES string of the molecule is CN1Cc2c(Cl)cc(Cl)cc2[C@H](c2cccc(S(=O)(=O)NCCOCCOCCNC(=O)CCC(CCC(N)=O)(CCC(=O)N(CCOCCOCCNS(=O)(=O)c3cccc([C@@H]4CN(C)Cc5c(Cl)cc(Cl)cc54)c3)CCOCCOCCNS(=O)(=O)c3cccc([C@@H]4CN(C)Cc5c(Cl)cc(Cl)cc54)c3)NC(=O)NCCN3CCOCC3)c2)C1. The number of morpholine rings is 1. The zero-order chi connectivity index (χ0) is 86.7. The molecule has 10 rings (SSSR count). The molecule has 0 aromatic heterocycles. The normalized spacial score (nSPS) is 17.3. The highest BCUT2D eigenvalue weighted by Gasteiger charge is 2.36. The fourth-order valence-corrected chi connectivity index (χ4v) is 20.2. The van der Waals surface area contributed by atoms with Crippen LogP contribution in [-0.2, 0) is 97.2 Å². The predicted octanol–water partition coefficient (Wildman–Crippen LogP) is 8.81. The van der Waals surface area contributed by atoms with Gasteiger partial charge in [0.15, 0.2) is 0 Å². The van der Waals surface area contributed by atoms with Gasteiger partial charge in [-0.2, -0.15) is 0 Å². The zero-order valence-electron chi connectivity index (χ0n) is 68.3. The van der Waals surface area contributed by atoms with Gasteiger partial charge in [-0.05, 0) is 163 Å². The molecule has 1 unspecified atom stereocenters. The summed E-state index contributed by atoms with van der Waals surface area (Å²) >= 11 is 39.1. The maximum Gasteiger partial charge on any atom is 0.315 e. The minimum absolute atomic E-state index is 0.00698. The predicted molar refractivity (Wildman–Crippen MR) is 467 cm³/mol. The topological polar surface area (TPSA) is 350 Å². The number of benzene rings is 6. The molecule has 38 heteroatoms. The Morgan fingerprint density at radius 3 is 1.21 bits per heavy atom. The minimum Gasteiger partial charge on any atom is -0.379 e. The lowest BCUT2D eigenvalue weighted by Crippen LogP contribution is -2.54. The Morgan fingerprint density at radius 2 is 0.826 bits per heavy atom. The van der Waals surface area contributed by atoms with Crippen molar-refractivity contribution in [2.24, 2.45) is 5.73 Å². The Hall–Kier alpha value is -5.97. The van der Waals surface area contributed by atoms with Crippen LogP contribution in [0.2, 0.25) is 30.1 Å². The van der Waals surface area contributed by atoms with E-state index in [-0.39, 0.29) is 202 Å². The molecule has 6 aromatic rings. The molecule has 4 aliphatic heterocycles. The second-order valence-corrected chi connectivity index (χ2v) is 38.3. The summed E-state index contributed by atoms with van der Waals surface area (Å²) < 4.78 is 130. The van der Waals surface area contributed by atoms with Crippen molar-refractivity contribution in [3.63, 3.8) is 0 Å². The van der Waals surface area contributed by atoms with Gasteiger partial charge >= 0.3 is 6.03 Å². The maximum atomic E-state index is 14.7. The van der Waals surface area contributed by atoms with E-state index in [4.69, 9.17) is 108 Å². The van der Waals surface area contributed by atoms with Gasteiger partial charge in [0.1, 0.15) is 0 Å². The van der Waals surface area contributed by atoms with Crippen LogP contribution in [0, 0.1) is 0 Å². The van der Waals surface area contributed by atoms with Crippen LogP contribution in [0.25, 0.3) is 0 Å². The van der Waals surface area contributed by atoms with Crippen molar-refractivity contribution in [1.82, 2.24) is 54.6 Å². The number of nitrogens with two attached hydrogens (primary N) is 1. The molecule has 4 heterocycles. The average Bonchev–Trinajstić information content (AvgIpc) is 0.781. The number of urea groups is 1. The summed E-state index contributed by atoms with van der Waals surface area (Å²) in [6.07, 6.45) is -0.571. The molecule has 0 aliphatic carbocycles. The first-order valence-electron chi connectivity index (χ1n) is 40.4. The number of carbonyl (C=O) groups is 4. The first-order chi connectivity index (χ1) is 57.9. The lowest BCUT2D eigenvalue weighted by atomic mass is 9.83. The maximum absolute atomic E-state index is 14.7. The molecule has 0 spiro atoms. The Morgan fingerprint density at radius 1 is 0.463 bits per heavy atom. The number of hydrogen-bond acceptors (Lipinski definition) is 21. The fourth-order valence-electron chi connectivity index (χ4n) is 15.3. The lowest BCUT2D eigenvalue weighted by Gasteiger charge is -2.36. The third-order valence-corrected chi connectivity index (χ3v) is 27.6. The van der Waals surface area contributed by atoms with Crippen molar-refractivity contribution >= 4 is 123 Å². The fraction of sp³-hybridized carbons (Fsp3) is 0.518. The van der Waals surface area contributed by atoms with Crippen molar-refractivity contribution in [2.45, 2.75) is 96.1 Å². The van der Waals surface area contributed by atoms with Crippen LogP contribution < -0.4 is 35.9 Å². The van der Waals surface area contributed by atoms with Crippen molar-refractivity contribution in [1.29, 1.82) is 0 Å². The Balaban J connectivity index is 0.706. The Bertz CT molecular complexity index is 4670. The zero-order valence-corrected chi connectivity index (χ0v) is 75.3. The number of sulfonamides is 3. The second kappa shape index (κ2) is 47.6. The van der Waals surface area contributed by atoms with Gasteiger partial charge in [0.25, 0.3) is 0 Å². The minimum atomic E-state index is -3.96. The van der Waals surface area contributed by atoms with Crippen LogP contribution in [-0.4, -0.2) is 278 Å². The molecule has 4 atom stereocenters. The number of primary amides is 1. The number of halogens is 6. The molecule has 6 aromatic carbocycles. The summed E-state index contributed by atoms with van der Waals surface area (Å²) in [5, 5.41) is 12.0. The molecule has 0 bridgehead atoms. The molecule has 1 fully saturated rings. The molecule has 5 amide bonds. The van der Waals surface area contributed by atoms with E-state index in [2.05, 4.69) is 49.7 Å². The van der Waals surface area contributed by atoms with E-state index in [1.165, 1.54) is 23.1 Å². The van der Waals surface area contributed by atoms with E-state index >= 15 is 0 Å². The standard InChI is InChI=1S/C83H110Cl6N12O17S3/c1-97-52-70(67-46-61(84)49-76(87)73(67)55-97)58-7-4-10-64(43-58)119(106,107)93-21-30-113-38-37-112-29-20-91-80(103)14-17-83(16-13-79(90)102,96-82(105)92-19-24-100-25-33-116-34-26-100)18-15-81(104)101(27-35-117-41-39-114-31-22-94-120(108,109)65-11-5-8-59(44-65)71-53-98(2)56-74-68(71)47-62(85)50-77(74)88)28-36-118-42-40-115-32-23-95-121(110,111)66-12-6-9-60(45-66)72-54-99(3)57-75-69(72)48-63(86)51-78(75)89/h4-12,43-51,70-72,93-95H,13-42,52-57H2,1-3H3,(H2,90,102)(H,91,103)(H2,92,96,105)/t70-,71-,72-,83?/m0/s1. The van der Waals surface area contributed by atoms with Gasteiger partial charge in [0, 0.05) is 177 Å². The molecule has 1 saturated heterocycles. The number of nitrogens with one attached hydrogen (secondary N) is 6. The van der Waals surface area contributed by atoms with Crippen LogP contribution in [0.3, 0.4) is 0 Å². The highest BCUT2D eigenvalue weighted by Crippen LogP contribution is 2.43. The van der Waals surface area contributed by atoms with E-state index in [0.29, 0.717) is 102 Å². The number of carbonyl (C=O) groups excluding carboxylic acids is 4. The molecular formula is C83H110Cl6N12O17S3. The van der Waals surface area contributed by atoms with E-state index in [1.807, 2.05) is 57.5 Å². The molecule has 8 N–H and O–H groups in total. The van der Waals surface area contributed by atoms with E-state index in [0.717, 1.165) is 50.1 Å². The van der Waals surface area contributed by atoms with E-state index in [1.54, 1.807) is 54.6 Å². The summed E-state index contributed by atoms with van der Waals surface area (Å²) in [5.41, 5.74) is 12.5. The molecule has 664 valence electrons. The van der Waals surface area contributed by atoms with Crippen molar-refractivity contribution in [3.8, 4) is 0 Å².